The number of amides is 4. The van der Waals surface area contributed by atoms with Crippen LogP contribution in [0.25, 0.3) is 0 Å². The van der Waals surface area contributed by atoms with Crippen LogP contribution in [0.1, 0.15) is 36.9 Å². The van der Waals surface area contributed by atoms with E-state index < -0.39 is 11.8 Å². The van der Waals surface area contributed by atoms with Crippen LogP contribution in [0, 0.1) is 6.92 Å². The first-order valence-corrected chi connectivity index (χ1v) is 9.00. The van der Waals surface area contributed by atoms with E-state index in [4.69, 9.17) is 0 Å². The summed E-state index contributed by atoms with van der Waals surface area (Å²) in [6.07, 6.45) is 0. The number of piperazine rings is 1. The molecular formula is C19H19N5O4. The van der Waals surface area contributed by atoms with Crippen LogP contribution in [0.3, 0.4) is 0 Å². The molecule has 0 radical (unpaired) electrons. The molecule has 2 aliphatic rings. The zero-order valence-electron chi connectivity index (χ0n) is 15.3. The van der Waals surface area contributed by atoms with E-state index in [0.717, 1.165) is 10.6 Å². The molecule has 2 aromatic rings. The lowest BCUT2D eigenvalue weighted by molar-refractivity contribution is -0.132. The number of hydrogen-bond donors (Lipinski definition) is 1. The van der Waals surface area contributed by atoms with Crippen molar-refractivity contribution in [3.05, 3.63) is 52.8 Å². The van der Waals surface area contributed by atoms with E-state index in [-0.39, 0.29) is 18.4 Å². The van der Waals surface area contributed by atoms with Crippen molar-refractivity contribution in [2.75, 3.05) is 32.7 Å². The average Bonchev–Trinajstić information content (AvgIpc) is 3.25. The lowest BCUT2D eigenvalue weighted by Gasteiger charge is -2.35. The van der Waals surface area contributed by atoms with Gasteiger partial charge in [0.1, 0.15) is 12.2 Å². The predicted octanol–water partition coefficient (Wildman–Crippen LogP) is 0.299. The highest BCUT2D eigenvalue weighted by Gasteiger charge is 2.37. The Kier molecular flexibility index (Phi) is 4.42. The maximum atomic E-state index is 12.6. The SMILES string of the molecule is Cc1cc(C(=O)N2CCN(C(=O)CN3C(=O)c4ccccc4C3=O)CC2)n[nH]1. The van der Waals surface area contributed by atoms with Crippen molar-refractivity contribution in [1.29, 1.82) is 0 Å². The summed E-state index contributed by atoms with van der Waals surface area (Å²) in [4.78, 5) is 54.0. The first-order valence-electron chi connectivity index (χ1n) is 9.00. The average molecular weight is 381 g/mol. The van der Waals surface area contributed by atoms with Gasteiger partial charge in [-0.25, -0.2) is 0 Å². The minimum atomic E-state index is -0.448. The summed E-state index contributed by atoms with van der Waals surface area (Å²) in [7, 11) is 0. The first-order chi connectivity index (χ1) is 13.5. The quantitative estimate of drug-likeness (QED) is 0.770. The molecule has 4 amide bonds. The molecule has 3 heterocycles. The van der Waals surface area contributed by atoms with E-state index in [1.54, 1.807) is 40.1 Å². The van der Waals surface area contributed by atoms with Crippen molar-refractivity contribution in [1.82, 2.24) is 24.9 Å². The normalized spacial score (nSPS) is 16.5. The second kappa shape index (κ2) is 6.91. The number of aryl methyl sites for hydroxylation is 1. The standard InChI is InChI=1S/C19H19N5O4/c1-12-10-15(21-20-12)19(28)23-8-6-22(7-9-23)16(25)11-24-17(26)13-4-2-3-5-14(13)18(24)27/h2-5,10H,6-9,11H2,1H3,(H,20,21). The molecule has 144 valence electrons. The highest BCUT2D eigenvalue weighted by molar-refractivity contribution is 6.22. The van der Waals surface area contributed by atoms with Crippen molar-refractivity contribution < 1.29 is 19.2 Å². The third-order valence-electron chi connectivity index (χ3n) is 5.02. The summed E-state index contributed by atoms with van der Waals surface area (Å²) in [5, 5.41) is 6.71. The molecule has 0 spiro atoms. The van der Waals surface area contributed by atoms with Gasteiger partial charge in [-0.2, -0.15) is 5.10 Å². The topological polar surface area (TPSA) is 107 Å². The number of H-pyrrole nitrogens is 1. The third kappa shape index (κ3) is 3.04. The molecule has 1 fully saturated rings. The Morgan fingerprint density at radius 3 is 2.11 bits per heavy atom. The molecule has 1 saturated heterocycles. The zero-order valence-corrected chi connectivity index (χ0v) is 15.3. The Labute approximate surface area is 160 Å². The minimum absolute atomic E-state index is 0.184. The molecule has 1 aromatic heterocycles. The van der Waals surface area contributed by atoms with Crippen LogP contribution in [-0.2, 0) is 4.79 Å². The zero-order chi connectivity index (χ0) is 19.8. The fourth-order valence-corrected chi connectivity index (χ4v) is 3.47. The fourth-order valence-electron chi connectivity index (χ4n) is 3.47. The summed E-state index contributed by atoms with van der Waals surface area (Å²) < 4.78 is 0. The molecule has 9 nitrogen and oxygen atoms in total. The second-order valence-corrected chi connectivity index (χ2v) is 6.85. The van der Waals surface area contributed by atoms with Gasteiger partial charge in [0.25, 0.3) is 17.7 Å². The molecule has 0 atom stereocenters. The van der Waals surface area contributed by atoms with Gasteiger partial charge < -0.3 is 9.80 Å². The molecular weight excluding hydrogens is 362 g/mol. The Balaban J connectivity index is 1.35. The maximum absolute atomic E-state index is 12.6. The van der Waals surface area contributed by atoms with Gasteiger partial charge >= 0.3 is 0 Å². The monoisotopic (exact) mass is 381 g/mol. The molecule has 0 aliphatic carbocycles. The predicted molar refractivity (Wildman–Crippen MR) is 97.6 cm³/mol. The Hall–Kier alpha value is -3.49. The maximum Gasteiger partial charge on any atom is 0.274 e. The number of nitrogens with zero attached hydrogens (tertiary/aromatic N) is 4. The number of carbonyl (C=O) groups excluding carboxylic acids is 4. The number of imide groups is 1. The third-order valence-corrected chi connectivity index (χ3v) is 5.02. The van der Waals surface area contributed by atoms with Crippen LogP contribution < -0.4 is 0 Å². The largest absolute Gasteiger partial charge is 0.338 e. The number of fused-ring (bicyclic) bond motifs is 1. The van der Waals surface area contributed by atoms with E-state index in [1.807, 2.05) is 6.92 Å². The van der Waals surface area contributed by atoms with Crippen molar-refractivity contribution in [2.45, 2.75) is 6.92 Å². The van der Waals surface area contributed by atoms with Gasteiger partial charge in [0, 0.05) is 31.9 Å². The van der Waals surface area contributed by atoms with E-state index in [2.05, 4.69) is 10.2 Å². The highest BCUT2D eigenvalue weighted by Crippen LogP contribution is 2.22. The van der Waals surface area contributed by atoms with E-state index in [0.29, 0.717) is 43.0 Å². The number of benzene rings is 1. The lowest BCUT2D eigenvalue weighted by Crippen LogP contribution is -2.53. The molecule has 0 unspecified atom stereocenters. The van der Waals surface area contributed by atoms with Gasteiger partial charge in [-0.05, 0) is 25.1 Å². The smallest absolute Gasteiger partial charge is 0.274 e. The lowest BCUT2D eigenvalue weighted by atomic mass is 10.1. The van der Waals surface area contributed by atoms with Gasteiger partial charge in [-0.3, -0.25) is 29.2 Å². The van der Waals surface area contributed by atoms with Crippen LogP contribution in [0.15, 0.2) is 30.3 Å². The summed E-state index contributed by atoms with van der Waals surface area (Å²) in [6.45, 7) is 2.96. The van der Waals surface area contributed by atoms with E-state index in [1.165, 1.54) is 0 Å². The van der Waals surface area contributed by atoms with Crippen LogP contribution >= 0.6 is 0 Å². The summed E-state index contributed by atoms with van der Waals surface area (Å²) >= 11 is 0. The van der Waals surface area contributed by atoms with Crippen molar-refractivity contribution in [2.24, 2.45) is 0 Å². The Bertz CT molecular complexity index is 939. The van der Waals surface area contributed by atoms with Gasteiger partial charge in [0.2, 0.25) is 5.91 Å². The van der Waals surface area contributed by atoms with Crippen LogP contribution in [0.2, 0.25) is 0 Å². The van der Waals surface area contributed by atoms with Crippen molar-refractivity contribution in [3.8, 4) is 0 Å². The minimum Gasteiger partial charge on any atom is -0.338 e. The summed E-state index contributed by atoms with van der Waals surface area (Å²) in [5.74, 6) is -1.39. The Morgan fingerprint density at radius 1 is 1.00 bits per heavy atom. The molecule has 28 heavy (non-hydrogen) atoms. The van der Waals surface area contributed by atoms with Crippen LogP contribution in [-0.4, -0.2) is 81.2 Å². The summed E-state index contributed by atoms with van der Waals surface area (Å²) in [5.41, 5.74) is 1.80. The first kappa shape index (κ1) is 17.9. The molecule has 2 aliphatic heterocycles. The van der Waals surface area contributed by atoms with Gasteiger partial charge in [-0.15, -0.1) is 0 Å². The number of carbonyl (C=O) groups is 4. The molecule has 0 saturated carbocycles. The molecule has 4 rings (SSSR count). The number of nitrogens with one attached hydrogen (secondary N) is 1. The second-order valence-electron chi connectivity index (χ2n) is 6.85. The van der Waals surface area contributed by atoms with Crippen molar-refractivity contribution in [3.63, 3.8) is 0 Å². The number of aromatic nitrogens is 2. The number of hydrogen-bond acceptors (Lipinski definition) is 5. The van der Waals surface area contributed by atoms with Gasteiger partial charge in [0.05, 0.1) is 11.1 Å². The molecule has 9 heteroatoms. The summed E-state index contributed by atoms with van der Waals surface area (Å²) in [6, 6.07) is 8.23. The Morgan fingerprint density at radius 2 is 1.57 bits per heavy atom. The van der Waals surface area contributed by atoms with Gasteiger partial charge in [-0.1, -0.05) is 12.1 Å². The van der Waals surface area contributed by atoms with Crippen LogP contribution in [0.4, 0.5) is 0 Å². The number of rotatable bonds is 3. The highest BCUT2D eigenvalue weighted by atomic mass is 16.2. The fraction of sp³-hybridized carbons (Fsp3) is 0.316. The molecule has 0 bridgehead atoms. The molecule has 1 N–H and O–H groups in total. The van der Waals surface area contributed by atoms with Crippen molar-refractivity contribution >= 4 is 23.6 Å². The van der Waals surface area contributed by atoms with Gasteiger partial charge in [0.15, 0.2) is 0 Å². The number of aromatic amines is 1. The van der Waals surface area contributed by atoms with Crippen LogP contribution in [0.5, 0.6) is 0 Å². The van der Waals surface area contributed by atoms with E-state index in [9.17, 15) is 19.2 Å². The van der Waals surface area contributed by atoms with E-state index >= 15 is 0 Å². The molecule has 1 aromatic carbocycles.